The van der Waals surface area contributed by atoms with E-state index in [2.05, 4.69) is 20.8 Å². The average molecular weight is 425 g/mol. The molecule has 0 radical (unpaired) electrons. The molecule has 4 aliphatic rings. The molecule has 1 heterocycles. The Labute approximate surface area is 180 Å². The molecule has 2 N–H and O–H groups in total. The summed E-state index contributed by atoms with van der Waals surface area (Å²) in [5, 5.41) is 16.2. The maximum absolute atomic E-state index is 12.5. The Hall–Kier alpha value is -2.28. The molecule has 0 spiro atoms. The standard InChI is InChI=1S/C23H28N4O2S/c1-14(24-20(29)18-5-3-2-4-6-18)7-19(28)25-22-27-26-21(30-22)23-11-15-8-16(12-23)10-17(9-15)13-23/h2-6,14-17H,7-13H2,1H3,(H,24,29)(H,25,27,28)/t14-,15?,16?,17?,23?/m1/s1. The summed E-state index contributed by atoms with van der Waals surface area (Å²) in [6.07, 6.45) is 8.11. The van der Waals surface area contributed by atoms with Gasteiger partial charge in [-0.1, -0.05) is 29.5 Å². The van der Waals surface area contributed by atoms with E-state index < -0.39 is 0 Å². The fraction of sp³-hybridized carbons (Fsp3) is 0.565. The Kier molecular flexibility index (Phi) is 5.09. The summed E-state index contributed by atoms with van der Waals surface area (Å²) in [6.45, 7) is 1.83. The molecule has 1 aromatic heterocycles. The van der Waals surface area contributed by atoms with Gasteiger partial charge >= 0.3 is 0 Å². The minimum Gasteiger partial charge on any atom is -0.349 e. The monoisotopic (exact) mass is 424 g/mol. The van der Waals surface area contributed by atoms with E-state index in [0.29, 0.717) is 10.7 Å². The molecule has 2 amide bonds. The van der Waals surface area contributed by atoms with Crippen LogP contribution in [0.15, 0.2) is 30.3 Å². The molecule has 7 heteroatoms. The van der Waals surface area contributed by atoms with Crippen LogP contribution in [0.4, 0.5) is 5.13 Å². The van der Waals surface area contributed by atoms with Gasteiger partial charge in [-0.25, -0.2) is 0 Å². The van der Waals surface area contributed by atoms with Gasteiger partial charge in [-0.3, -0.25) is 9.59 Å². The number of benzene rings is 1. The highest BCUT2D eigenvalue weighted by Gasteiger charge is 2.53. The Morgan fingerprint density at radius 3 is 2.33 bits per heavy atom. The third-order valence-electron chi connectivity index (χ3n) is 7.07. The van der Waals surface area contributed by atoms with Gasteiger partial charge in [0.05, 0.1) is 0 Å². The molecule has 4 aliphatic carbocycles. The van der Waals surface area contributed by atoms with Gasteiger partial charge in [0, 0.05) is 23.4 Å². The zero-order valence-electron chi connectivity index (χ0n) is 17.3. The van der Waals surface area contributed by atoms with Crippen LogP contribution >= 0.6 is 11.3 Å². The van der Waals surface area contributed by atoms with Gasteiger partial charge in [0.15, 0.2) is 0 Å². The maximum atomic E-state index is 12.5. The molecular weight excluding hydrogens is 396 g/mol. The molecule has 1 aromatic carbocycles. The molecule has 1 atom stereocenters. The number of hydrogen-bond acceptors (Lipinski definition) is 5. The minimum atomic E-state index is -0.270. The third-order valence-corrected chi connectivity index (χ3v) is 8.15. The van der Waals surface area contributed by atoms with Gasteiger partial charge in [-0.15, -0.1) is 10.2 Å². The van der Waals surface area contributed by atoms with Crippen LogP contribution in [0.25, 0.3) is 0 Å². The van der Waals surface area contributed by atoms with Crippen LogP contribution in [-0.4, -0.2) is 28.1 Å². The zero-order valence-corrected chi connectivity index (χ0v) is 18.1. The van der Waals surface area contributed by atoms with Gasteiger partial charge in [0.2, 0.25) is 11.0 Å². The molecule has 4 saturated carbocycles. The lowest BCUT2D eigenvalue weighted by Crippen LogP contribution is -2.48. The third kappa shape index (κ3) is 3.87. The van der Waals surface area contributed by atoms with E-state index in [4.69, 9.17) is 0 Å². The summed E-state index contributed by atoms with van der Waals surface area (Å²) in [6, 6.07) is 8.76. The lowest BCUT2D eigenvalue weighted by molar-refractivity contribution is -0.116. The van der Waals surface area contributed by atoms with Crippen LogP contribution in [0.2, 0.25) is 0 Å². The van der Waals surface area contributed by atoms with Crippen LogP contribution < -0.4 is 10.6 Å². The van der Waals surface area contributed by atoms with Crippen molar-refractivity contribution in [1.82, 2.24) is 15.5 Å². The number of anilines is 1. The number of carbonyl (C=O) groups is 2. The fourth-order valence-corrected chi connectivity index (χ4v) is 7.23. The second-order valence-corrected chi connectivity index (χ2v) is 10.6. The van der Waals surface area contributed by atoms with Crippen molar-refractivity contribution in [2.24, 2.45) is 17.8 Å². The molecule has 6 rings (SSSR count). The Morgan fingerprint density at radius 2 is 1.70 bits per heavy atom. The first-order valence-corrected chi connectivity index (χ1v) is 11.8. The first kappa shape index (κ1) is 19.7. The molecular formula is C23H28N4O2S. The summed E-state index contributed by atoms with van der Waals surface area (Å²) >= 11 is 1.55. The van der Waals surface area contributed by atoms with Crippen molar-refractivity contribution >= 4 is 28.3 Å². The van der Waals surface area contributed by atoms with E-state index in [9.17, 15) is 9.59 Å². The van der Waals surface area contributed by atoms with Crippen molar-refractivity contribution in [3.8, 4) is 0 Å². The van der Waals surface area contributed by atoms with E-state index in [1.54, 1.807) is 23.5 Å². The highest BCUT2D eigenvalue weighted by Crippen LogP contribution is 2.61. The number of carbonyl (C=O) groups excluding carboxylic acids is 2. The summed E-state index contributed by atoms with van der Waals surface area (Å²) in [5.74, 6) is 2.24. The molecule has 0 saturated heterocycles. The molecule has 2 aromatic rings. The van der Waals surface area contributed by atoms with Gasteiger partial charge < -0.3 is 10.6 Å². The van der Waals surface area contributed by atoms with Crippen LogP contribution in [0.3, 0.4) is 0 Å². The van der Waals surface area contributed by atoms with Crippen LogP contribution in [0, 0.1) is 17.8 Å². The molecule has 158 valence electrons. The lowest BCUT2D eigenvalue weighted by Gasteiger charge is -2.55. The van der Waals surface area contributed by atoms with Gasteiger partial charge in [0.1, 0.15) is 5.01 Å². The van der Waals surface area contributed by atoms with Crippen molar-refractivity contribution in [1.29, 1.82) is 0 Å². The predicted molar refractivity (Wildman–Crippen MR) is 116 cm³/mol. The average Bonchev–Trinajstić information content (AvgIpc) is 3.16. The van der Waals surface area contributed by atoms with Crippen molar-refractivity contribution in [3.63, 3.8) is 0 Å². The molecule has 6 nitrogen and oxygen atoms in total. The molecule has 4 fully saturated rings. The minimum absolute atomic E-state index is 0.149. The Morgan fingerprint density at radius 1 is 1.07 bits per heavy atom. The highest BCUT2D eigenvalue weighted by molar-refractivity contribution is 7.15. The summed E-state index contributed by atoms with van der Waals surface area (Å²) in [4.78, 5) is 24.7. The zero-order chi connectivity index (χ0) is 20.7. The van der Waals surface area contributed by atoms with Crippen LogP contribution in [-0.2, 0) is 10.2 Å². The van der Waals surface area contributed by atoms with Crippen molar-refractivity contribution in [2.45, 2.75) is 63.3 Å². The van der Waals surface area contributed by atoms with Crippen molar-refractivity contribution < 1.29 is 9.59 Å². The maximum Gasteiger partial charge on any atom is 0.251 e. The quantitative estimate of drug-likeness (QED) is 0.730. The summed E-state index contributed by atoms with van der Waals surface area (Å²) < 4.78 is 0. The largest absolute Gasteiger partial charge is 0.349 e. The fourth-order valence-electron chi connectivity index (χ4n) is 6.26. The Balaban J connectivity index is 1.18. The first-order valence-electron chi connectivity index (χ1n) is 11.0. The predicted octanol–water partition coefficient (Wildman–Crippen LogP) is 4.15. The van der Waals surface area contributed by atoms with Gasteiger partial charge in [0.25, 0.3) is 5.91 Å². The van der Waals surface area contributed by atoms with E-state index in [1.807, 2.05) is 25.1 Å². The normalized spacial score (nSPS) is 30.1. The first-order chi connectivity index (χ1) is 14.5. The van der Waals surface area contributed by atoms with E-state index in [0.717, 1.165) is 22.8 Å². The number of nitrogens with one attached hydrogen (secondary N) is 2. The molecule has 0 unspecified atom stereocenters. The van der Waals surface area contributed by atoms with Crippen molar-refractivity contribution in [2.75, 3.05) is 5.32 Å². The van der Waals surface area contributed by atoms with E-state index >= 15 is 0 Å². The van der Waals surface area contributed by atoms with Gasteiger partial charge in [-0.05, 0) is 75.3 Å². The SMILES string of the molecule is C[C@H](CC(=O)Nc1nnc(C23CC4CC(CC(C4)C2)C3)s1)NC(=O)c1ccccc1. The molecule has 30 heavy (non-hydrogen) atoms. The Bertz CT molecular complexity index is 906. The van der Waals surface area contributed by atoms with Crippen molar-refractivity contribution in [3.05, 3.63) is 40.9 Å². The van der Waals surface area contributed by atoms with E-state index in [-0.39, 0.29) is 29.7 Å². The number of amides is 2. The number of nitrogens with zero attached hydrogens (tertiary/aromatic N) is 2. The summed E-state index contributed by atoms with van der Waals surface area (Å²) in [7, 11) is 0. The topological polar surface area (TPSA) is 84.0 Å². The molecule has 4 bridgehead atoms. The highest BCUT2D eigenvalue weighted by atomic mass is 32.1. The lowest BCUT2D eigenvalue weighted by atomic mass is 9.50. The smallest absolute Gasteiger partial charge is 0.251 e. The molecule has 0 aliphatic heterocycles. The van der Waals surface area contributed by atoms with Crippen LogP contribution in [0.1, 0.15) is 67.2 Å². The van der Waals surface area contributed by atoms with Gasteiger partial charge in [-0.2, -0.15) is 0 Å². The second-order valence-electron chi connectivity index (χ2n) is 9.60. The second kappa shape index (κ2) is 7.76. The number of rotatable bonds is 6. The number of hydrogen-bond donors (Lipinski definition) is 2. The van der Waals surface area contributed by atoms with Crippen LogP contribution in [0.5, 0.6) is 0 Å². The van der Waals surface area contributed by atoms with E-state index in [1.165, 1.54) is 38.5 Å². The summed E-state index contributed by atoms with van der Waals surface area (Å²) in [5.41, 5.74) is 0.792. The number of aromatic nitrogens is 2.